The van der Waals surface area contributed by atoms with E-state index in [-0.39, 0.29) is 149 Å². The normalized spacial score (nSPS) is 17.3. The minimum Gasteiger partial charge on any atom is -0.493 e. The maximum atomic E-state index is 14.4. The Morgan fingerprint density at radius 3 is 1.71 bits per heavy atom. The number of hydrogen-bond donors (Lipinski definition) is 7. The summed E-state index contributed by atoms with van der Waals surface area (Å²) in [6.07, 6.45) is 7.83. The molecule has 650 valence electrons. The molecule has 8 N–H and O–H groups in total. The molecule has 5 aliphatic rings. The van der Waals surface area contributed by atoms with Crippen molar-refractivity contribution in [3.8, 4) is 23.0 Å². The number of imide groups is 1. The number of aliphatic hydroxyl groups is 1. The highest BCUT2D eigenvalue weighted by Gasteiger charge is 2.46. The Morgan fingerprint density at radius 1 is 0.585 bits per heavy atom. The maximum Gasteiger partial charge on any atom is 0.416 e. The Kier molecular flexibility index (Phi) is 39.3. The summed E-state index contributed by atoms with van der Waals surface area (Å²) in [5.41, 5.74) is 9.02. The standard InChI is InChI=1S/C83H119N11O24/c1-9-58(10-2)61-47-74(97)91(78(61)100)24-20-72(95)85-23-28-109-30-32-111-34-36-113-38-40-115-42-41-114-39-37-112-35-33-110-31-29-108-27-21-73(96)90-75(54(3)4)77(99)89-64(15-14-22-86-82(84)104)76(98)88-59-18-16-57(17-19-59)53-118-83(105)94-66-49-71(69(107-8)46-63(66)80(102)93-52-56(6)44-67(93)81(94)103)117-26-13-11-12-25-116-70-48-65-62(45-68(70)106-7)79(101)92-51-55(5)43-60(92)50-87-65/h16-19,45-46,48-52,54,58,60-61,64,67,75,81,103H,9-15,20-44,47,53H2,1-8H3,(H,85,95)(H,88,98)(H,89,99)(H,90,96)(H3,84,86,104)/t60-,61?,64-,67-,75-,81-/m0/s1. The van der Waals surface area contributed by atoms with Crippen molar-refractivity contribution in [1.82, 2.24) is 36.0 Å². The van der Waals surface area contributed by atoms with Crippen LogP contribution in [0.15, 0.2) is 77.1 Å². The molecule has 0 radical (unpaired) electrons. The highest BCUT2D eigenvalue weighted by atomic mass is 16.6. The van der Waals surface area contributed by atoms with Crippen LogP contribution in [-0.2, 0) is 78.0 Å². The second kappa shape index (κ2) is 49.5. The summed E-state index contributed by atoms with van der Waals surface area (Å²) in [7, 11) is 2.95. The van der Waals surface area contributed by atoms with E-state index >= 15 is 0 Å². The van der Waals surface area contributed by atoms with Crippen LogP contribution >= 0.6 is 0 Å². The van der Waals surface area contributed by atoms with Gasteiger partial charge in [0.05, 0.1) is 174 Å². The predicted molar refractivity (Wildman–Crippen MR) is 433 cm³/mol. The number of carbonyl (C=O) groups excluding carboxylic acids is 10. The average molecular weight is 1650 g/mol. The minimum absolute atomic E-state index is 0.0366. The smallest absolute Gasteiger partial charge is 0.416 e. The number of aliphatic imine (C=N–C) groups is 1. The number of unbranched alkanes of at least 4 members (excludes halogenated alkanes) is 2. The van der Waals surface area contributed by atoms with Crippen molar-refractivity contribution >= 4 is 82.7 Å². The van der Waals surface area contributed by atoms with Crippen molar-refractivity contribution in [2.45, 2.75) is 156 Å². The third-order valence-corrected chi connectivity index (χ3v) is 20.3. The molecule has 0 aliphatic carbocycles. The number of aliphatic hydroxyl groups excluding tert-OH is 1. The van der Waals surface area contributed by atoms with Crippen molar-refractivity contribution in [3.05, 3.63) is 88.8 Å². The average Bonchev–Trinajstić information content (AvgIpc) is 1.58. The predicted octanol–water partition coefficient (Wildman–Crippen LogP) is 6.61. The van der Waals surface area contributed by atoms with Gasteiger partial charge in [-0.25, -0.2) is 14.5 Å². The number of methoxy groups -OCH3 is 2. The second-order valence-electron chi connectivity index (χ2n) is 29.3. The van der Waals surface area contributed by atoms with Gasteiger partial charge >= 0.3 is 12.1 Å². The third-order valence-electron chi connectivity index (χ3n) is 20.3. The highest BCUT2D eigenvalue weighted by Crippen LogP contribution is 2.43. The summed E-state index contributed by atoms with van der Waals surface area (Å²) in [4.78, 5) is 142. The van der Waals surface area contributed by atoms with E-state index in [1.54, 1.807) is 67.6 Å². The van der Waals surface area contributed by atoms with Gasteiger partial charge in [-0.1, -0.05) is 63.8 Å². The molecule has 0 saturated carbocycles. The van der Waals surface area contributed by atoms with Crippen molar-refractivity contribution in [2.75, 3.05) is 163 Å². The number of nitrogens with zero attached hydrogens (tertiary/aromatic N) is 5. The number of urea groups is 1. The molecule has 11 amide bonds. The molecule has 35 heteroatoms. The fraction of sp³-hybridized carbons (Fsp3) is 0.602. The number of hydrogen-bond acceptors (Lipinski definition) is 25. The monoisotopic (exact) mass is 1650 g/mol. The summed E-state index contributed by atoms with van der Waals surface area (Å²) in [6.45, 7) is 17.3. The number of nitrogens with two attached hydrogens (primary N) is 1. The molecule has 5 aliphatic heterocycles. The fourth-order valence-corrected chi connectivity index (χ4v) is 13.9. The molecular weight excluding hydrogens is 1530 g/mol. The van der Waals surface area contributed by atoms with Gasteiger partial charge < -0.3 is 109 Å². The van der Waals surface area contributed by atoms with Crippen LogP contribution in [-0.4, -0.2) is 269 Å². The van der Waals surface area contributed by atoms with E-state index in [4.69, 9.17) is 67.3 Å². The molecule has 8 rings (SSSR count). The summed E-state index contributed by atoms with van der Waals surface area (Å²) in [6, 6.07) is 8.77. The van der Waals surface area contributed by atoms with Crippen LogP contribution in [0, 0.1) is 17.8 Å². The molecule has 0 aromatic heterocycles. The maximum absolute atomic E-state index is 14.4. The molecule has 3 aromatic carbocycles. The summed E-state index contributed by atoms with van der Waals surface area (Å²) >= 11 is 0. The lowest BCUT2D eigenvalue weighted by atomic mass is 9.87. The summed E-state index contributed by atoms with van der Waals surface area (Å²) < 4.78 is 74.0. The van der Waals surface area contributed by atoms with E-state index in [0.717, 1.165) is 28.9 Å². The van der Waals surface area contributed by atoms with Crippen molar-refractivity contribution in [1.29, 1.82) is 0 Å². The number of ether oxygens (including phenoxy) is 13. The first-order valence-electron chi connectivity index (χ1n) is 40.7. The van der Waals surface area contributed by atoms with E-state index in [2.05, 4.69) is 31.6 Å². The van der Waals surface area contributed by atoms with Crippen LogP contribution in [0.1, 0.15) is 145 Å². The number of anilines is 2. The van der Waals surface area contributed by atoms with Gasteiger partial charge in [-0.2, -0.15) is 0 Å². The lowest BCUT2D eigenvalue weighted by Gasteiger charge is -2.31. The van der Waals surface area contributed by atoms with E-state index < -0.39 is 66.0 Å². The van der Waals surface area contributed by atoms with Gasteiger partial charge in [0.2, 0.25) is 35.4 Å². The van der Waals surface area contributed by atoms with Gasteiger partial charge in [-0.05, 0) is 100 Å². The molecule has 6 atom stereocenters. The van der Waals surface area contributed by atoms with Gasteiger partial charge in [0.15, 0.2) is 29.2 Å². The first-order valence-corrected chi connectivity index (χ1v) is 40.7. The van der Waals surface area contributed by atoms with Crippen molar-refractivity contribution in [3.63, 3.8) is 0 Å². The fourth-order valence-electron chi connectivity index (χ4n) is 13.9. The number of amides is 11. The van der Waals surface area contributed by atoms with Crippen LogP contribution in [0.3, 0.4) is 0 Å². The van der Waals surface area contributed by atoms with Crippen LogP contribution in [0.4, 0.5) is 26.7 Å². The molecule has 1 fully saturated rings. The molecule has 3 aromatic rings. The Morgan fingerprint density at radius 2 is 1.14 bits per heavy atom. The zero-order chi connectivity index (χ0) is 84.9. The van der Waals surface area contributed by atoms with Gasteiger partial charge in [-0.3, -0.25) is 48.2 Å². The SMILES string of the molecule is CCC(CC)C1CC(=O)N(CCC(=O)NCCOCCOCCOCCOCCOCCOCCOCCOCCC(=O)N[C@H](C(=O)N[C@@H](CCCNC(N)=O)C(=O)Nc2ccc(COC(=O)N3c4cc(OCCCCCOc5cc6c(cc5OC)C(=O)N5C=C(C)C[C@H]5C=N6)c(OC)cc4C(=O)N4C=C(C)C[C@H]4[C@@H]3O)cc2)C(C)C)C1=O. The number of rotatable bonds is 55. The number of likely N-dealkylation sites (tertiary alicyclic amines) is 1. The molecule has 1 unspecified atom stereocenters. The molecule has 0 bridgehead atoms. The molecule has 0 spiro atoms. The van der Waals surface area contributed by atoms with Gasteiger partial charge in [-0.15, -0.1) is 0 Å². The van der Waals surface area contributed by atoms with Gasteiger partial charge in [0.25, 0.3) is 11.8 Å². The lowest BCUT2D eigenvalue weighted by Crippen LogP contribution is -2.54. The highest BCUT2D eigenvalue weighted by molar-refractivity contribution is 6.07. The van der Waals surface area contributed by atoms with Crippen LogP contribution in [0.5, 0.6) is 23.0 Å². The van der Waals surface area contributed by atoms with Crippen LogP contribution in [0.25, 0.3) is 0 Å². The van der Waals surface area contributed by atoms with Gasteiger partial charge in [0, 0.05) is 75.3 Å². The Bertz CT molecular complexity index is 3910. The van der Waals surface area contributed by atoms with Crippen LogP contribution in [0.2, 0.25) is 0 Å². The molecule has 118 heavy (non-hydrogen) atoms. The molecular formula is C83H119N11O24. The van der Waals surface area contributed by atoms with Crippen molar-refractivity contribution in [2.24, 2.45) is 28.5 Å². The Balaban J connectivity index is 0.673. The zero-order valence-corrected chi connectivity index (χ0v) is 69.2. The number of nitrogens with one attached hydrogen (secondary N) is 5. The van der Waals surface area contributed by atoms with E-state index in [1.807, 2.05) is 33.9 Å². The first-order chi connectivity index (χ1) is 57.0. The number of benzene rings is 3. The molecule has 1 saturated heterocycles. The topological polar surface area (TPSA) is 422 Å². The minimum atomic E-state index is -1.56. The third kappa shape index (κ3) is 28.7. The summed E-state index contributed by atoms with van der Waals surface area (Å²) in [5.74, 6) is -2.14. The van der Waals surface area contributed by atoms with Crippen molar-refractivity contribution < 1.29 is 115 Å². The largest absolute Gasteiger partial charge is 0.493 e. The van der Waals surface area contributed by atoms with E-state index in [9.17, 15) is 53.1 Å². The molecule has 5 heterocycles. The van der Waals surface area contributed by atoms with Gasteiger partial charge in [0.1, 0.15) is 18.7 Å². The van der Waals surface area contributed by atoms with E-state index in [0.29, 0.717) is 159 Å². The quantitative estimate of drug-likeness (QED) is 0.0231. The number of fused-ring (bicyclic) bond motifs is 4. The zero-order valence-electron chi connectivity index (χ0n) is 69.2. The Labute approximate surface area is 689 Å². The second-order valence-corrected chi connectivity index (χ2v) is 29.3. The van der Waals surface area contributed by atoms with Crippen LogP contribution < -0.4 is 56.2 Å². The number of primary amides is 1. The first kappa shape index (κ1) is 93.6. The summed E-state index contributed by atoms with van der Waals surface area (Å²) in [5, 5.41) is 25.6. The molecule has 35 nitrogen and oxygen atoms in total. The van der Waals surface area contributed by atoms with E-state index in [1.165, 1.54) is 36.2 Å². The Hall–Kier alpha value is -9.85. The number of carbonyl (C=O) groups is 10. The lowest BCUT2D eigenvalue weighted by molar-refractivity contribution is -0.140.